The molecule has 1 atom stereocenters. The van der Waals surface area contributed by atoms with E-state index in [2.05, 4.69) is 25.6 Å². The van der Waals surface area contributed by atoms with Gasteiger partial charge in [-0.25, -0.2) is 14.4 Å². The van der Waals surface area contributed by atoms with Crippen LogP contribution in [0.1, 0.15) is 38.9 Å². The number of amides is 3. The van der Waals surface area contributed by atoms with E-state index >= 15 is 0 Å². The lowest BCUT2D eigenvalue weighted by Crippen LogP contribution is -2.52. The SMILES string of the molecule is COc1ccc2cc1OCCCN(C(=O)CCc1nc3ccc(F)cc3[nH]1)CC(=O)N[C@H](C(C)C)C(=O)NCCCn1ccnc1-2. The minimum atomic E-state index is -0.761. The van der Waals surface area contributed by atoms with Crippen molar-refractivity contribution in [3.63, 3.8) is 0 Å². The Bertz CT molecular complexity index is 1680. The van der Waals surface area contributed by atoms with Crippen LogP contribution in [-0.2, 0) is 27.3 Å². The van der Waals surface area contributed by atoms with Crippen molar-refractivity contribution in [2.45, 2.75) is 52.1 Å². The van der Waals surface area contributed by atoms with E-state index in [-0.39, 0.29) is 56.1 Å². The highest BCUT2D eigenvalue weighted by molar-refractivity contribution is 5.90. The number of carbonyl (C=O) groups is 3. The summed E-state index contributed by atoms with van der Waals surface area (Å²) in [4.78, 5) is 53.3. The van der Waals surface area contributed by atoms with Crippen molar-refractivity contribution >= 4 is 28.8 Å². The summed E-state index contributed by atoms with van der Waals surface area (Å²) in [7, 11) is 1.57. The quantitative estimate of drug-likeness (QED) is 0.306. The summed E-state index contributed by atoms with van der Waals surface area (Å²) in [5.74, 6) is 0.884. The van der Waals surface area contributed by atoms with E-state index in [1.54, 1.807) is 19.4 Å². The second kappa shape index (κ2) is 14.9. The smallest absolute Gasteiger partial charge is 0.242 e. The Morgan fingerprint density at radius 2 is 2.00 bits per heavy atom. The highest BCUT2D eigenvalue weighted by atomic mass is 19.1. The number of benzene rings is 2. The second-order valence-electron chi connectivity index (χ2n) is 11.6. The van der Waals surface area contributed by atoms with E-state index in [4.69, 9.17) is 9.47 Å². The first-order valence-corrected chi connectivity index (χ1v) is 15.5. The number of rotatable bonds is 5. The summed E-state index contributed by atoms with van der Waals surface area (Å²) in [6.45, 7) is 5.03. The molecule has 0 spiro atoms. The topological polar surface area (TPSA) is 143 Å². The van der Waals surface area contributed by atoms with Crippen molar-refractivity contribution in [1.82, 2.24) is 35.1 Å². The molecule has 2 aromatic carbocycles. The molecule has 3 heterocycles. The molecule has 13 heteroatoms. The van der Waals surface area contributed by atoms with Crippen molar-refractivity contribution in [3.05, 3.63) is 60.4 Å². The lowest BCUT2D eigenvalue weighted by Gasteiger charge is -2.26. The molecule has 0 aliphatic carbocycles. The van der Waals surface area contributed by atoms with Gasteiger partial charge in [-0.2, -0.15) is 0 Å². The molecule has 2 bridgehead atoms. The van der Waals surface area contributed by atoms with Gasteiger partial charge in [-0.05, 0) is 55.2 Å². The lowest BCUT2D eigenvalue weighted by molar-refractivity contribution is -0.137. The van der Waals surface area contributed by atoms with Crippen LogP contribution in [0.4, 0.5) is 4.39 Å². The Morgan fingerprint density at radius 3 is 2.80 bits per heavy atom. The molecule has 244 valence electrons. The summed E-state index contributed by atoms with van der Waals surface area (Å²) in [5.41, 5.74) is 2.00. The van der Waals surface area contributed by atoms with Crippen LogP contribution in [0.3, 0.4) is 0 Å². The van der Waals surface area contributed by atoms with Crippen molar-refractivity contribution in [2.24, 2.45) is 5.92 Å². The van der Waals surface area contributed by atoms with E-state index in [9.17, 15) is 18.8 Å². The normalized spacial score (nSPS) is 16.9. The van der Waals surface area contributed by atoms with Gasteiger partial charge in [0.1, 0.15) is 23.5 Å². The Morgan fingerprint density at radius 1 is 1.15 bits per heavy atom. The van der Waals surface area contributed by atoms with E-state index in [1.807, 2.05) is 42.8 Å². The average Bonchev–Trinajstić information content (AvgIpc) is 3.68. The Kier molecular flexibility index (Phi) is 10.5. The largest absolute Gasteiger partial charge is 0.493 e. The molecule has 12 nitrogen and oxygen atoms in total. The van der Waals surface area contributed by atoms with Gasteiger partial charge in [-0.15, -0.1) is 0 Å². The highest BCUT2D eigenvalue weighted by Gasteiger charge is 2.26. The third-order valence-electron chi connectivity index (χ3n) is 7.86. The molecule has 46 heavy (non-hydrogen) atoms. The van der Waals surface area contributed by atoms with Crippen LogP contribution in [0.25, 0.3) is 22.4 Å². The first-order chi connectivity index (χ1) is 22.2. The fourth-order valence-corrected chi connectivity index (χ4v) is 5.44. The van der Waals surface area contributed by atoms with E-state index in [0.717, 1.165) is 11.4 Å². The number of imidazole rings is 2. The number of halogens is 1. The number of H-pyrrole nitrogens is 1. The fraction of sp³-hybridized carbons (Fsp3) is 0.424. The van der Waals surface area contributed by atoms with Crippen molar-refractivity contribution in [3.8, 4) is 22.9 Å². The fourth-order valence-electron chi connectivity index (χ4n) is 5.44. The zero-order valence-electron chi connectivity index (χ0n) is 26.3. The minimum absolute atomic E-state index is 0.0764. The molecule has 5 rings (SSSR count). The predicted molar refractivity (Wildman–Crippen MR) is 170 cm³/mol. The van der Waals surface area contributed by atoms with Crippen LogP contribution >= 0.6 is 0 Å². The molecule has 0 saturated carbocycles. The Hall–Kier alpha value is -4.94. The van der Waals surface area contributed by atoms with Gasteiger partial charge >= 0.3 is 0 Å². The summed E-state index contributed by atoms with van der Waals surface area (Å²) >= 11 is 0. The summed E-state index contributed by atoms with van der Waals surface area (Å²) in [5, 5.41) is 5.77. The number of aromatic nitrogens is 4. The van der Waals surface area contributed by atoms with Gasteiger partial charge in [0.25, 0.3) is 0 Å². The van der Waals surface area contributed by atoms with Gasteiger partial charge in [0.15, 0.2) is 11.5 Å². The molecular formula is C33H40FN7O5. The van der Waals surface area contributed by atoms with Crippen molar-refractivity contribution < 1.29 is 28.2 Å². The standard InChI is InChI=1S/C33H40FN7O5/c1-21(2)31-33(44)36-12-4-14-40-16-13-35-32(40)22-6-9-26(45-3)27(18-22)46-17-5-15-41(20-29(42)39-31)30(43)11-10-28-37-24-8-7-23(34)19-25(24)38-28/h6-9,13,16,18-19,21,31H,4-5,10-12,14-15,17,20H2,1-3H3,(H,36,44)(H,37,38)(H,39,42)/t31-/m1/s1. The zero-order chi connectivity index (χ0) is 32.6. The summed E-state index contributed by atoms with van der Waals surface area (Å²) in [6.07, 6.45) is 5.05. The molecule has 3 amide bonds. The number of fused-ring (bicyclic) bond motifs is 5. The van der Waals surface area contributed by atoms with Crippen LogP contribution in [-0.4, -0.2) is 81.5 Å². The van der Waals surface area contributed by atoms with Gasteiger partial charge in [0, 0.05) is 50.4 Å². The number of hydrogen-bond acceptors (Lipinski definition) is 7. The molecule has 1 aliphatic rings. The zero-order valence-corrected chi connectivity index (χ0v) is 26.3. The van der Waals surface area contributed by atoms with E-state index < -0.39 is 11.9 Å². The number of methoxy groups -OCH3 is 1. The maximum absolute atomic E-state index is 13.6. The third-order valence-corrected chi connectivity index (χ3v) is 7.86. The number of hydrogen-bond donors (Lipinski definition) is 3. The molecule has 4 aromatic rings. The van der Waals surface area contributed by atoms with E-state index in [0.29, 0.717) is 54.3 Å². The average molecular weight is 634 g/mol. The van der Waals surface area contributed by atoms with Gasteiger partial charge in [0.2, 0.25) is 17.7 Å². The van der Waals surface area contributed by atoms with Crippen LogP contribution in [0.5, 0.6) is 11.5 Å². The maximum Gasteiger partial charge on any atom is 0.242 e. The third kappa shape index (κ3) is 8.01. The number of carbonyl (C=O) groups excluding carboxylic acids is 3. The molecule has 2 aromatic heterocycles. The first kappa shape index (κ1) is 32.5. The number of aryl methyl sites for hydroxylation is 2. The Balaban J connectivity index is 1.34. The molecule has 0 fully saturated rings. The van der Waals surface area contributed by atoms with Crippen molar-refractivity contribution in [1.29, 1.82) is 0 Å². The number of ether oxygens (including phenoxy) is 2. The summed E-state index contributed by atoms with van der Waals surface area (Å²) in [6, 6.07) is 9.12. The molecular weight excluding hydrogens is 593 g/mol. The van der Waals surface area contributed by atoms with Gasteiger partial charge in [0.05, 0.1) is 31.3 Å². The van der Waals surface area contributed by atoms with E-state index in [1.165, 1.54) is 17.0 Å². The van der Waals surface area contributed by atoms with Gasteiger partial charge in [-0.3, -0.25) is 14.4 Å². The summed E-state index contributed by atoms with van der Waals surface area (Å²) < 4.78 is 27.3. The van der Waals surface area contributed by atoms with Crippen LogP contribution < -0.4 is 20.1 Å². The number of nitrogens with zero attached hydrogens (tertiary/aromatic N) is 4. The molecule has 1 aliphatic heterocycles. The minimum Gasteiger partial charge on any atom is -0.493 e. The first-order valence-electron chi connectivity index (χ1n) is 15.5. The second-order valence-corrected chi connectivity index (χ2v) is 11.6. The predicted octanol–water partition coefficient (Wildman–Crippen LogP) is 3.47. The maximum atomic E-state index is 13.6. The monoisotopic (exact) mass is 633 g/mol. The Labute approximate surface area is 266 Å². The van der Waals surface area contributed by atoms with Gasteiger partial charge < -0.3 is 34.6 Å². The van der Waals surface area contributed by atoms with Crippen LogP contribution in [0.2, 0.25) is 0 Å². The van der Waals surface area contributed by atoms with Gasteiger partial charge in [-0.1, -0.05) is 13.8 Å². The van der Waals surface area contributed by atoms with Crippen molar-refractivity contribution in [2.75, 3.05) is 33.4 Å². The molecule has 0 unspecified atom stereocenters. The molecule has 3 N–H and O–H groups in total. The highest BCUT2D eigenvalue weighted by Crippen LogP contribution is 2.32. The molecule has 0 radical (unpaired) electrons. The lowest BCUT2D eigenvalue weighted by atomic mass is 10.0. The van der Waals surface area contributed by atoms with Crippen LogP contribution in [0.15, 0.2) is 48.8 Å². The van der Waals surface area contributed by atoms with Crippen LogP contribution in [0, 0.1) is 11.7 Å². The number of aromatic amines is 1. The number of nitrogens with one attached hydrogen (secondary N) is 3. The molecule has 0 saturated heterocycles.